The lowest BCUT2D eigenvalue weighted by Crippen LogP contribution is -2.21. The molecule has 0 aliphatic heterocycles. The first-order valence-corrected chi connectivity index (χ1v) is 9.58. The molecular weight excluding hydrogens is 439 g/mol. The van der Waals surface area contributed by atoms with E-state index >= 15 is 0 Å². The van der Waals surface area contributed by atoms with Gasteiger partial charge in [-0.1, -0.05) is 0 Å². The Morgan fingerprint density at radius 2 is 2.28 bits per heavy atom. The molecule has 1 aromatic carbocycles. The predicted octanol–water partition coefficient (Wildman–Crippen LogP) is 3.25. The van der Waals surface area contributed by atoms with Crippen molar-refractivity contribution in [1.82, 2.24) is 9.55 Å². The number of hydrogen-bond donors (Lipinski definition) is 0. The summed E-state index contributed by atoms with van der Waals surface area (Å²) in [7, 11) is 5.86. The van der Waals surface area contributed by atoms with E-state index in [-0.39, 0.29) is 11.2 Å². The summed E-state index contributed by atoms with van der Waals surface area (Å²) in [5, 5.41) is 1.30. The van der Waals surface area contributed by atoms with Gasteiger partial charge in [0.25, 0.3) is 0 Å². The van der Waals surface area contributed by atoms with Gasteiger partial charge in [-0.15, -0.1) is 0 Å². The largest absolute Gasteiger partial charge is 0.459 e. The fraction of sp³-hybridized carbons (Fsp3) is 0.222. The number of benzene rings is 1. The topological polar surface area (TPSA) is 27.1 Å². The summed E-state index contributed by atoms with van der Waals surface area (Å²) < 4.78 is 32.0. The zero-order valence-corrected chi connectivity index (χ0v) is 13.8. The van der Waals surface area contributed by atoms with Crippen molar-refractivity contribution in [3.8, 4) is 5.75 Å². The van der Waals surface area contributed by atoms with Gasteiger partial charge < -0.3 is 4.74 Å². The smallest absolute Gasteiger partial charge is 0.424 e. The lowest BCUT2D eigenvalue weighted by molar-refractivity contribution is -0.0799. The van der Waals surface area contributed by atoms with Crippen LogP contribution >= 0.6 is 44.3 Å². The molecule has 1 atom stereocenters. The second-order valence-electron chi connectivity index (χ2n) is 3.56. The van der Waals surface area contributed by atoms with Crippen molar-refractivity contribution in [2.24, 2.45) is 0 Å². The van der Waals surface area contributed by atoms with Gasteiger partial charge in [0.05, 0.1) is 18.1 Å². The SMILES string of the molecule is [B]c1c(OC(F)(F)Br)c(C)cc2c1cnn2PI. The summed E-state index contributed by atoms with van der Waals surface area (Å²) in [6.45, 7) is 1.66. The van der Waals surface area contributed by atoms with E-state index in [0.717, 1.165) is 5.52 Å². The number of aryl methyl sites for hydroxylation is 1. The van der Waals surface area contributed by atoms with Gasteiger partial charge >= 0.3 is 5.02 Å². The number of nitrogens with zero attached hydrogens (tertiary/aromatic N) is 2. The molecule has 9 heteroatoms. The van der Waals surface area contributed by atoms with Crippen LogP contribution in [0.2, 0.25) is 0 Å². The number of ether oxygens (including phenoxy) is 1. The van der Waals surface area contributed by atoms with Crippen molar-refractivity contribution in [3.63, 3.8) is 0 Å². The number of halogens is 4. The normalized spacial score (nSPS) is 12.7. The number of alkyl halides is 3. The van der Waals surface area contributed by atoms with Crippen molar-refractivity contribution < 1.29 is 13.5 Å². The van der Waals surface area contributed by atoms with E-state index in [2.05, 4.69) is 47.8 Å². The van der Waals surface area contributed by atoms with Crippen LogP contribution in [0.4, 0.5) is 8.78 Å². The molecule has 0 aliphatic carbocycles. The highest BCUT2D eigenvalue weighted by Gasteiger charge is 2.28. The summed E-state index contributed by atoms with van der Waals surface area (Å²) in [6.07, 6.45) is 1.96. The van der Waals surface area contributed by atoms with Crippen molar-refractivity contribution >= 4 is 68.6 Å². The summed E-state index contributed by atoms with van der Waals surface area (Å²) in [5.74, 6) is -0.0271. The van der Waals surface area contributed by atoms with Crippen LogP contribution in [-0.2, 0) is 0 Å². The van der Waals surface area contributed by atoms with E-state index in [1.165, 1.54) is 0 Å². The quantitative estimate of drug-likeness (QED) is 0.314. The Balaban J connectivity index is 2.63. The van der Waals surface area contributed by atoms with Crippen LogP contribution in [0.3, 0.4) is 0 Å². The van der Waals surface area contributed by atoms with Crippen LogP contribution in [0.1, 0.15) is 5.56 Å². The van der Waals surface area contributed by atoms with Gasteiger partial charge in [0.15, 0.2) is 0 Å². The summed E-state index contributed by atoms with van der Waals surface area (Å²) in [6, 6.07) is 1.73. The maximum Gasteiger partial charge on any atom is 0.459 e. The highest BCUT2D eigenvalue weighted by Crippen LogP contribution is 2.33. The van der Waals surface area contributed by atoms with Gasteiger partial charge in [0.2, 0.25) is 0 Å². The molecule has 0 amide bonds. The number of hydrogen-bond acceptors (Lipinski definition) is 2. The van der Waals surface area contributed by atoms with Crippen LogP contribution < -0.4 is 10.2 Å². The molecule has 1 aromatic heterocycles. The third-order valence-corrected chi connectivity index (χ3v) is 4.40. The highest BCUT2D eigenvalue weighted by molar-refractivity contribution is 14.2. The molecule has 0 spiro atoms. The Hall–Kier alpha value is 0.0549. The molecule has 94 valence electrons. The van der Waals surface area contributed by atoms with E-state index in [9.17, 15) is 8.78 Å². The van der Waals surface area contributed by atoms with Gasteiger partial charge in [-0.25, -0.2) is 4.45 Å². The average molecular weight is 445 g/mol. The number of aromatic nitrogens is 2. The fourth-order valence-corrected chi connectivity index (χ4v) is 3.32. The molecular formula is C9H6BBrF2IN2OP. The van der Waals surface area contributed by atoms with Crippen LogP contribution in [0.25, 0.3) is 10.9 Å². The van der Waals surface area contributed by atoms with E-state index in [0.29, 0.717) is 17.3 Å². The molecule has 2 aromatic rings. The van der Waals surface area contributed by atoms with Crippen molar-refractivity contribution in [3.05, 3.63) is 17.8 Å². The number of rotatable bonds is 3. The van der Waals surface area contributed by atoms with E-state index in [1.807, 2.05) is 0 Å². The minimum absolute atomic E-state index is 0.0271. The third kappa shape index (κ3) is 2.80. The Kier molecular flexibility index (Phi) is 4.18. The molecule has 0 N–H and O–H groups in total. The molecule has 3 nitrogen and oxygen atoms in total. The Bertz CT molecular complexity index is 604. The summed E-state index contributed by atoms with van der Waals surface area (Å²) in [5.41, 5.74) is 1.52. The zero-order chi connectivity index (χ0) is 13.5. The highest BCUT2D eigenvalue weighted by atomic mass is 127. The lowest BCUT2D eigenvalue weighted by Gasteiger charge is -2.16. The third-order valence-electron chi connectivity index (χ3n) is 2.35. The Labute approximate surface area is 126 Å². The molecule has 2 radical (unpaired) electrons. The minimum atomic E-state index is -3.44. The van der Waals surface area contributed by atoms with Gasteiger partial charge in [-0.05, 0) is 46.1 Å². The predicted molar refractivity (Wildman–Crippen MR) is 82.1 cm³/mol. The van der Waals surface area contributed by atoms with Crippen molar-refractivity contribution in [1.29, 1.82) is 0 Å². The van der Waals surface area contributed by atoms with Gasteiger partial charge in [0.1, 0.15) is 13.6 Å². The van der Waals surface area contributed by atoms with Gasteiger partial charge in [-0.3, -0.25) is 0 Å². The van der Waals surface area contributed by atoms with Crippen molar-refractivity contribution in [2.45, 2.75) is 11.9 Å². The van der Waals surface area contributed by atoms with E-state index in [1.54, 1.807) is 23.6 Å². The standard InChI is InChI=1S/C9H6BBrF2IN2OP/c1-4-2-6-5(3-15-16(6)18-14)7(10)8(4)17-9(11,12)13/h2-3,18H,1H3. The molecule has 0 saturated carbocycles. The monoisotopic (exact) mass is 444 g/mol. The first-order valence-electron chi connectivity index (χ1n) is 4.72. The van der Waals surface area contributed by atoms with Crippen LogP contribution in [0.5, 0.6) is 5.75 Å². The molecule has 1 unspecified atom stereocenters. The maximum absolute atomic E-state index is 12.9. The van der Waals surface area contributed by atoms with Crippen LogP contribution in [0, 0.1) is 6.92 Å². The molecule has 2 rings (SSSR count). The van der Waals surface area contributed by atoms with Gasteiger partial charge in [-0.2, -0.15) is 13.9 Å². The van der Waals surface area contributed by atoms with E-state index in [4.69, 9.17) is 7.85 Å². The lowest BCUT2D eigenvalue weighted by atomic mass is 9.89. The fourth-order valence-electron chi connectivity index (χ4n) is 1.63. The summed E-state index contributed by atoms with van der Waals surface area (Å²) in [4.78, 5) is 0. The zero-order valence-electron chi connectivity index (χ0n) is 9.05. The maximum atomic E-state index is 12.9. The molecule has 1 heterocycles. The Morgan fingerprint density at radius 1 is 1.61 bits per heavy atom. The molecule has 0 bridgehead atoms. The summed E-state index contributed by atoms with van der Waals surface area (Å²) >= 11 is 4.32. The molecule has 18 heavy (non-hydrogen) atoms. The second kappa shape index (κ2) is 5.21. The average Bonchev–Trinajstić information content (AvgIpc) is 2.65. The first-order chi connectivity index (χ1) is 8.33. The van der Waals surface area contributed by atoms with E-state index < -0.39 is 5.02 Å². The first kappa shape index (κ1) is 14.5. The van der Waals surface area contributed by atoms with Gasteiger partial charge in [0, 0.05) is 21.3 Å². The number of fused-ring (bicyclic) bond motifs is 1. The Morgan fingerprint density at radius 3 is 2.83 bits per heavy atom. The molecule has 0 fully saturated rings. The molecule has 0 aliphatic rings. The second-order valence-corrected chi connectivity index (χ2v) is 6.52. The van der Waals surface area contributed by atoms with Crippen LogP contribution in [0.15, 0.2) is 12.3 Å². The minimum Gasteiger partial charge on any atom is -0.424 e. The van der Waals surface area contributed by atoms with Crippen LogP contribution in [-0.4, -0.2) is 22.4 Å². The van der Waals surface area contributed by atoms with Crippen molar-refractivity contribution in [2.75, 3.05) is 0 Å². The molecule has 0 saturated heterocycles.